The number of benzene rings is 1. The SMILES string of the molecule is Cc1cc(C)c([N+](=O)[O-])cc1OCc1cnc(NN)s1. The largest absolute Gasteiger partial charge is 0.487 e. The zero-order valence-corrected chi connectivity index (χ0v) is 11.9. The number of nitro benzene ring substituents is 1. The molecule has 0 radical (unpaired) electrons. The number of nitrogens with two attached hydrogens (primary N) is 1. The van der Waals surface area contributed by atoms with E-state index < -0.39 is 4.92 Å². The molecule has 0 aliphatic heterocycles. The molecule has 0 bridgehead atoms. The first kappa shape index (κ1) is 14.2. The van der Waals surface area contributed by atoms with Gasteiger partial charge in [0.25, 0.3) is 5.69 Å². The van der Waals surface area contributed by atoms with E-state index >= 15 is 0 Å². The van der Waals surface area contributed by atoms with Crippen molar-refractivity contribution in [1.29, 1.82) is 0 Å². The van der Waals surface area contributed by atoms with Gasteiger partial charge in [0.2, 0.25) is 0 Å². The fourth-order valence-electron chi connectivity index (χ4n) is 1.76. The number of aromatic nitrogens is 1. The van der Waals surface area contributed by atoms with Crippen LogP contribution in [0, 0.1) is 24.0 Å². The van der Waals surface area contributed by atoms with Gasteiger partial charge >= 0.3 is 0 Å². The summed E-state index contributed by atoms with van der Waals surface area (Å²) in [7, 11) is 0. The van der Waals surface area contributed by atoms with Gasteiger partial charge in [0.05, 0.1) is 15.9 Å². The molecule has 0 saturated heterocycles. The fraction of sp³-hybridized carbons (Fsp3) is 0.250. The number of rotatable bonds is 5. The van der Waals surface area contributed by atoms with E-state index in [1.54, 1.807) is 19.2 Å². The normalized spacial score (nSPS) is 10.3. The average molecular weight is 294 g/mol. The van der Waals surface area contributed by atoms with Gasteiger partial charge in [-0.3, -0.25) is 15.5 Å². The number of nitrogens with one attached hydrogen (secondary N) is 1. The molecular formula is C12H14N4O3S. The minimum atomic E-state index is -0.412. The summed E-state index contributed by atoms with van der Waals surface area (Å²) in [6.07, 6.45) is 1.65. The Morgan fingerprint density at radius 1 is 1.45 bits per heavy atom. The molecular weight excluding hydrogens is 280 g/mol. The second-order valence-corrected chi connectivity index (χ2v) is 5.34. The Morgan fingerprint density at radius 3 is 2.80 bits per heavy atom. The number of thiazole rings is 1. The van der Waals surface area contributed by atoms with Gasteiger partial charge in [-0.05, 0) is 25.5 Å². The molecule has 0 spiro atoms. The van der Waals surface area contributed by atoms with Gasteiger partial charge in [-0.2, -0.15) is 0 Å². The van der Waals surface area contributed by atoms with E-state index in [1.165, 1.54) is 17.4 Å². The molecule has 1 aromatic heterocycles. The van der Waals surface area contributed by atoms with Gasteiger partial charge in [-0.25, -0.2) is 10.8 Å². The lowest BCUT2D eigenvalue weighted by atomic mass is 10.1. The molecule has 0 fully saturated rings. The lowest BCUT2D eigenvalue weighted by molar-refractivity contribution is -0.385. The molecule has 0 atom stereocenters. The first-order chi connectivity index (χ1) is 9.51. The number of hydrogen-bond acceptors (Lipinski definition) is 7. The minimum Gasteiger partial charge on any atom is -0.487 e. The van der Waals surface area contributed by atoms with Crippen LogP contribution in [0.2, 0.25) is 0 Å². The zero-order valence-electron chi connectivity index (χ0n) is 11.0. The molecule has 1 aromatic carbocycles. The number of ether oxygens (including phenoxy) is 1. The molecule has 0 saturated carbocycles. The third kappa shape index (κ3) is 3.03. The highest BCUT2D eigenvalue weighted by atomic mass is 32.1. The molecule has 106 valence electrons. The summed E-state index contributed by atoms with van der Waals surface area (Å²) in [6.45, 7) is 3.85. The third-order valence-electron chi connectivity index (χ3n) is 2.74. The number of nitro groups is 1. The lowest BCUT2D eigenvalue weighted by Gasteiger charge is -2.09. The smallest absolute Gasteiger partial charge is 0.276 e. The number of aryl methyl sites for hydroxylation is 2. The Balaban J connectivity index is 2.16. The van der Waals surface area contributed by atoms with Crippen LogP contribution >= 0.6 is 11.3 Å². The molecule has 8 heteroatoms. The highest BCUT2D eigenvalue weighted by molar-refractivity contribution is 7.15. The number of anilines is 1. The second kappa shape index (κ2) is 5.85. The molecule has 20 heavy (non-hydrogen) atoms. The average Bonchev–Trinajstić information content (AvgIpc) is 2.85. The van der Waals surface area contributed by atoms with Crippen molar-refractivity contribution in [2.45, 2.75) is 20.5 Å². The van der Waals surface area contributed by atoms with Crippen LogP contribution in [0.25, 0.3) is 0 Å². The minimum absolute atomic E-state index is 0.0548. The van der Waals surface area contributed by atoms with Crippen molar-refractivity contribution in [3.8, 4) is 5.75 Å². The van der Waals surface area contributed by atoms with Gasteiger partial charge in [-0.15, -0.1) is 0 Å². The molecule has 2 rings (SSSR count). The van der Waals surface area contributed by atoms with Crippen molar-refractivity contribution in [3.63, 3.8) is 0 Å². The standard InChI is InChI=1S/C12H14N4O3S/c1-7-3-8(2)11(4-10(7)16(17)18)19-6-9-5-14-12(15-13)20-9/h3-5H,6,13H2,1-2H3,(H,14,15). The van der Waals surface area contributed by atoms with Crippen LogP contribution < -0.4 is 16.0 Å². The van der Waals surface area contributed by atoms with Crippen LogP contribution in [-0.4, -0.2) is 9.91 Å². The topological polar surface area (TPSA) is 103 Å². The monoisotopic (exact) mass is 294 g/mol. The maximum Gasteiger partial charge on any atom is 0.276 e. The number of hydrogen-bond donors (Lipinski definition) is 2. The quantitative estimate of drug-likeness (QED) is 0.499. The third-order valence-corrected chi connectivity index (χ3v) is 3.64. The highest BCUT2D eigenvalue weighted by Gasteiger charge is 2.14. The van der Waals surface area contributed by atoms with Crippen LogP contribution in [0.4, 0.5) is 10.8 Å². The maximum absolute atomic E-state index is 10.9. The Hall–Kier alpha value is -2.19. The van der Waals surface area contributed by atoms with E-state index in [0.29, 0.717) is 23.1 Å². The van der Waals surface area contributed by atoms with E-state index in [2.05, 4.69) is 10.4 Å². The maximum atomic E-state index is 10.9. The Labute approximate surface area is 119 Å². The molecule has 2 aromatic rings. The van der Waals surface area contributed by atoms with E-state index in [-0.39, 0.29) is 5.69 Å². The Bertz CT molecular complexity index is 642. The highest BCUT2D eigenvalue weighted by Crippen LogP contribution is 2.29. The van der Waals surface area contributed by atoms with Crippen molar-refractivity contribution in [3.05, 3.63) is 44.4 Å². The summed E-state index contributed by atoms with van der Waals surface area (Å²) in [5.41, 5.74) is 3.98. The van der Waals surface area contributed by atoms with Crippen molar-refractivity contribution in [2.75, 3.05) is 5.43 Å². The van der Waals surface area contributed by atoms with Gasteiger partial charge < -0.3 is 4.74 Å². The van der Waals surface area contributed by atoms with Crippen molar-refractivity contribution >= 4 is 22.2 Å². The van der Waals surface area contributed by atoms with Crippen molar-refractivity contribution < 1.29 is 9.66 Å². The molecule has 0 aliphatic rings. The van der Waals surface area contributed by atoms with Gasteiger partial charge in [-0.1, -0.05) is 11.3 Å². The van der Waals surface area contributed by atoms with E-state index in [4.69, 9.17) is 10.6 Å². The molecule has 0 amide bonds. The molecule has 0 unspecified atom stereocenters. The lowest BCUT2D eigenvalue weighted by Crippen LogP contribution is -2.05. The van der Waals surface area contributed by atoms with Gasteiger partial charge in [0.1, 0.15) is 12.4 Å². The van der Waals surface area contributed by atoms with E-state index in [9.17, 15) is 10.1 Å². The summed E-state index contributed by atoms with van der Waals surface area (Å²) in [4.78, 5) is 15.4. The van der Waals surface area contributed by atoms with Crippen LogP contribution in [0.1, 0.15) is 16.0 Å². The van der Waals surface area contributed by atoms with Crippen LogP contribution in [0.5, 0.6) is 5.75 Å². The van der Waals surface area contributed by atoms with Crippen LogP contribution in [0.3, 0.4) is 0 Å². The van der Waals surface area contributed by atoms with Gasteiger partial charge in [0, 0.05) is 11.8 Å². The predicted octanol–water partition coefficient (Wildman–Crippen LogP) is 2.53. The number of nitrogen functional groups attached to an aromatic ring is 1. The second-order valence-electron chi connectivity index (χ2n) is 4.23. The van der Waals surface area contributed by atoms with E-state index in [0.717, 1.165) is 10.4 Å². The summed E-state index contributed by atoms with van der Waals surface area (Å²) < 4.78 is 5.62. The Morgan fingerprint density at radius 2 is 2.20 bits per heavy atom. The van der Waals surface area contributed by atoms with Crippen LogP contribution in [-0.2, 0) is 6.61 Å². The van der Waals surface area contributed by atoms with Crippen molar-refractivity contribution in [1.82, 2.24) is 4.98 Å². The summed E-state index contributed by atoms with van der Waals surface area (Å²) >= 11 is 1.37. The summed E-state index contributed by atoms with van der Waals surface area (Å²) in [5.74, 6) is 5.74. The summed E-state index contributed by atoms with van der Waals surface area (Å²) in [5, 5.41) is 11.5. The van der Waals surface area contributed by atoms with Gasteiger partial charge in [0.15, 0.2) is 5.13 Å². The molecule has 3 N–H and O–H groups in total. The first-order valence-electron chi connectivity index (χ1n) is 5.81. The predicted molar refractivity (Wildman–Crippen MR) is 76.8 cm³/mol. The summed E-state index contributed by atoms with van der Waals surface area (Å²) in [6, 6.07) is 3.20. The number of nitrogens with zero attached hydrogens (tertiary/aromatic N) is 2. The first-order valence-corrected chi connectivity index (χ1v) is 6.62. The van der Waals surface area contributed by atoms with E-state index in [1.807, 2.05) is 6.92 Å². The number of hydrazine groups is 1. The fourth-order valence-corrected chi connectivity index (χ4v) is 2.40. The molecule has 7 nitrogen and oxygen atoms in total. The Kier molecular flexibility index (Phi) is 4.16. The molecule has 0 aliphatic carbocycles. The molecule has 1 heterocycles. The zero-order chi connectivity index (χ0) is 14.7. The van der Waals surface area contributed by atoms with Crippen LogP contribution in [0.15, 0.2) is 18.3 Å². The van der Waals surface area contributed by atoms with Crippen molar-refractivity contribution in [2.24, 2.45) is 5.84 Å².